The van der Waals surface area contributed by atoms with Gasteiger partial charge in [0.25, 0.3) is 0 Å². The first kappa shape index (κ1) is 15.7. The number of carbonyl (C=O) groups is 1. The molecule has 0 fully saturated rings. The molecular weight excluding hydrogens is 236 g/mol. The van der Waals surface area contributed by atoms with Crippen LogP contribution < -0.4 is 11.1 Å². The van der Waals surface area contributed by atoms with Crippen molar-refractivity contribution in [2.24, 2.45) is 5.73 Å². The third-order valence-electron chi connectivity index (χ3n) is 3.19. The molecule has 3 heteroatoms. The number of aryl methyl sites for hydroxylation is 1. The smallest absolute Gasteiger partial charge is 0.224 e. The molecule has 0 saturated carbocycles. The van der Waals surface area contributed by atoms with Gasteiger partial charge in [0.1, 0.15) is 0 Å². The summed E-state index contributed by atoms with van der Waals surface area (Å²) in [5, 5.41) is 2.94. The molecule has 3 nitrogen and oxygen atoms in total. The van der Waals surface area contributed by atoms with Crippen LogP contribution in [0.2, 0.25) is 0 Å². The minimum Gasteiger partial charge on any atom is -0.350 e. The zero-order chi connectivity index (χ0) is 14.3. The van der Waals surface area contributed by atoms with Crippen molar-refractivity contribution in [1.82, 2.24) is 5.32 Å². The van der Waals surface area contributed by atoms with Crippen molar-refractivity contribution in [3.63, 3.8) is 0 Å². The van der Waals surface area contributed by atoms with Gasteiger partial charge in [-0.3, -0.25) is 4.79 Å². The Kier molecular flexibility index (Phi) is 6.03. The fourth-order valence-corrected chi connectivity index (χ4v) is 1.86. The van der Waals surface area contributed by atoms with Crippen molar-refractivity contribution in [3.05, 3.63) is 35.4 Å². The average molecular weight is 262 g/mol. The number of nitrogens with two attached hydrogens (primary N) is 1. The highest BCUT2D eigenvalue weighted by Crippen LogP contribution is 2.09. The Bertz CT molecular complexity index is 396. The van der Waals surface area contributed by atoms with Gasteiger partial charge in [-0.1, -0.05) is 37.6 Å². The van der Waals surface area contributed by atoms with E-state index in [0.29, 0.717) is 13.0 Å². The Labute approximate surface area is 116 Å². The van der Waals surface area contributed by atoms with Crippen molar-refractivity contribution < 1.29 is 4.79 Å². The first-order valence-electron chi connectivity index (χ1n) is 7.06. The highest BCUT2D eigenvalue weighted by Gasteiger charge is 2.17. The lowest BCUT2D eigenvalue weighted by atomic mass is 10.0. The van der Waals surface area contributed by atoms with Crippen LogP contribution in [0.25, 0.3) is 0 Å². The molecular formula is C16H26N2O. The second-order valence-electron chi connectivity index (χ2n) is 5.73. The van der Waals surface area contributed by atoms with E-state index in [2.05, 4.69) is 24.4 Å². The van der Waals surface area contributed by atoms with Gasteiger partial charge >= 0.3 is 0 Å². The number of rotatable bonds is 7. The van der Waals surface area contributed by atoms with E-state index in [1.807, 2.05) is 26.0 Å². The lowest BCUT2D eigenvalue weighted by molar-refractivity contribution is -0.121. The van der Waals surface area contributed by atoms with Gasteiger partial charge in [-0.2, -0.15) is 0 Å². The van der Waals surface area contributed by atoms with Crippen molar-refractivity contribution >= 4 is 5.91 Å². The maximum atomic E-state index is 11.9. The molecule has 0 aliphatic carbocycles. The van der Waals surface area contributed by atoms with E-state index in [1.165, 1.54) is 18.4 Å². The van der Waals surface area contributed by atoms with Gasteiger partial charge in [0.15, 0.2) is 0 Å². The van der Waals surface area contributed by atoms with Crippen molar-refractivity contribution in [2.75, 3.05) is 6.54 Å². The molecule has 19 heavy (non-hydrogen) atoms. The molecule has 0 unspecified atom stereocenters. The minimum atomic E-state index is -0.335. The number of nitrogens with one attached hydrogen (secondary N) is 1. The normalized spacial score (nSPS) is 11.4. The van der Waals surface area contributed by atoms with Crippen LogP contribution in [0.5, 0.6) is 0 Å². The molecule has 106 valence electrons. The zero-order valence-electron chi connectivity index (χ0n) is 12.3. The summed E-state index contributed by atoms with van der Waals surface area (Å²) >= 11 is 0. The van der Waals surface area contributed by atoms with E-state index in [1.54, 1.807) is 0 Å². The summed E-state index contributed by atoms with van der Waals surface area (Å²) < 4.78 is 0. The van der Waals surface area contributed by atoms with Crippen LogP contribution in [0, 0.1) is 0 Å². The van der Waals surface area contributed by atoms with Crippen LogP contribution in [-0.4, -0.2) is 18.0 Å². The van der Waals surface area contributed by atoms with E-state index < -0.39 is 0 Å². The molecule has 0 bridgehead atoms. The van der Waals surface area contributed by atoms with Crippen LogP contribution in [0.15, 0.2) is 24.3 Å². The fraction of sp³-hybridized carbons (Fsp3) is 0.562. The van der Waals surface area contributed by atoms with E-state index in [9.17, 15) is 4.79 Å². The monoisotopic (exact) mass is 262 g/mol. The predicted octanol–water partition coefficient (Wildman–Crippen LogP) is 2.43. The maximum absolute atomic E-state index is 11.9. The molecule has 1 rings (SSSR count). The van der Waals surface area contributed by atoms with Gasteiger partial charge < -0.3 is 11.1 Å². The largest absolute Gasteiger partial charge is 0.350 e. The SMILES string of the molecule is CCCCc1ccc(CC(=O)NC(C)(C)CN)cc1. The average Bonchev–Trinajstić information content (AvgIpc) is 2.37. The first-order chi connectivity index (χ1) is 8.96. The van der Waals surface area contributed by atoms with Crippen LogP contribution in [0.3, 0.4) is 0 Å². The summed E-state index contributed by atoms with van der Waals surface area (Å²) in [7, 11) is 0. The van der Waals surface area contributed by atoms with Gasteiger partial charge in [-0.05, 0) is 37.8 Å². The summed E-state index contributed by atoms with van der Waals surface area (Å²) in [5.41, 5.74) is 7.65. The highest BCUT2D eigenvalue weighted by atomic mass is 16.1. The van der Waals surface area contributed by atoms with E-state index >= 15 is 0 Å². The van der Waals surface area contributed by atoms with Crippen LogP contribution in [0.4, 0.5) is 0 Å². The van der Waals surface area contributed by atoms with Gasteiger partial charge in [-0.15, -0.1) is 0 Å². The number of carbonyl (C=O) groups excluding carboxylic acids is 1. The first-order valence-corrected chi connectivity index (χ1v) is 7.06. The van der Waals surface area contributed by atoms with E-state index in [4.69, 9.17) is 5.73 Å². The second kappa shape index (κ2) is 7.29. The van der Waals surface area contributed by atoms with Gasteiger partial charge in [0.05, 0.1) is 6.42 Å². The van der Waals surface area contributed by atoms with Crippen molar-refractivity contribution in [1.29, 1.82) is 0 Å². The Morgan fingerprint density at radius 3 is 2.32 bits per heavy atom. The quantitative estimate of drug-likeness (QED) is 0.793. The molecule has 1 amide bonds. The second-order valence-corrected chi connectivity index (χ2v) is 5.73. The number of amides is 1. The van der Waals surface area contributed by atoms with Gasteiger partial charge in [0.2, 0.25) is 5.91 Å². The topological polar surface area (TPSA) is 55.1 Å². The molecule has 0 aromatic heterocycles. The standard InChI is InChI=1S/C16H26N2O/c1-4-5-6-13-7-9-14(10-8-13)11-15(19)18-16(2,3)12-17/h7-10H,4-6,11-12,17H2,1-3H3,(H,18,19). The molecule has 0 spiro atoms. The summed E-state index contributed by atoms with van der Waals surface area (Å²) in [5.74, 6) is 0.0248. The van der Waals surface area contributed by atoms with E-state index in [0.717, 1.165) is 12.0 Å². The van der Waals surface area contributed by atoms with E-state index in [-0.39, 0.29) is 11.4 Å². The van der Waals surface area contributed by atoms with Crippen LogP contribution >= 0.6 is 0 Å². The third kappa shape index (κ3) is 5.88. The summed E-state index contributed by atoms with van der Waals surface area (Å²) in [4.78, 5) is 11.9. The number of hydrogen-bond acceptors (Lipinski definition) is 2. The molecule has 0 saturated heterocycles. The number of unbranched alkanes of at least 4 members (excludes halogenated alkanes) is 1. The Hall–Kier alpha value is -1.35. The highest BCUT2D eigenvalue weighted by molar-refractivity contribution is 5.79. The van der Waals surface area contributed by atoms with Crippen LogP contribution in [-0.2, 0) is 17.6 Å². The van der Waals surface area contributed by atoms with Gasteiger partial charge in [-0.25, -0.2) is 0 Å². The van der Waals surface area contributed by atoms with Crippen molar-refractivity contribution in [2.45, 2.75) is 52.0 Å². The third-order valence-corrected chi connectivity index (χ3v) is 3.19. The molecule has 3 N–H and O–H groups in total. The zero-order valence-corrected chi connectivity index (χ0v) is 12.3. The summed E-state index contributed by atoms with van der Waals surface area (Å²) in [6, 6.07) is 8.32. The van der Waals surface area contributed by atoms with Crippen molar-refractivity contribution in [3.8, 4) is 0 Å². The molecule has 0 aliphatic rings. The fourth-order valence-electron chi connectivity index (χ4n) is 1.86. The Morgan fingerprint density at radius 2 is 1.79 bits per heavy atom. The number of benzene rings is 1. The summed E-state index contributed by atoms with van der Waals surface area (Å²) in [6.07, 6.45) is 3.95. The number of hydrogen-bond donors (Lipinski definition) is 2. The molecule has 1 aromatic carbocycles. The lowest BCUT2D eigenvalue weighted by Crippen LogP contribution is -2.49. The Morgan fingerprint density at radius 1 is 1.21 bits per heavy atom. The lowest BCUT2D eigenvalue weighted by Gasteiger charge is -2.24. The maximum Gasteiger partial charge on any atom is 0.224 e. The predicted molar refractivity (Wildman–Crippen MR) is 80.0 cm³/mol. The van der Waals surface area contributed by atoms with Crippen LogP contribution in [0.1, 0.15) is 44.7 Å². The van der Waals surface area contributed by atoms with Gasteiger partial charge in [0, 0.05) is 12.1 Å². The molecule has 0 aliphatic heterocycles. The molecule has 0 heterocycles. The molecule has 0 radical (unpaired) electrons. The molecule has 0 atom stereocenters. The minimum absolute atomic E-state index is 0.0248. The Balaban J connectivity index is 2.51. The molecule has 1 aromatic rings. The summed E-state index contributed by atoms with van der Waals surface area (Å²) in [6.45, 7) is 6.49.